The van der Waals surface area contributed by atoms with Gasteiger partial charge in [0.2, 0.25) is 0 Å². The van der Waals surface area contributed by atoms with Gasteiger partial charge in [0.15, 0.2) is 0 Å². The molecule has 0 bridgehead atoms. The fourth-order valence-electron chi connectivity index (χ4n) is 2.14. The Morgan fingerprint density at radius 3 is 1.96 bits per heavy atom. The summed E-state index contributed by atoms with van der Waals surface area (Å²) >= 11 is 0. The number of hydrogen-bond donors (Lipinski definition) is 0. The third-order valence-electron chi connectivity index (χ3n) is 3.44. The van der Waals surface area contributed by atoms with Crippen LogP contribution in [-0.2, 0) is 24.2 Å². The summed E-state index contributed by atoms with van der Waals surface area (Å²) in [5.74, 6) is -0.0750. The van der Waals surface area contributed by atoms with Crippen molar-refractivity contribution >= 4 is 0 Å². The van der Waals surface area contributed by atoms with E-state index in [0.717, 1.165) is 12.0 Å². The van der Waals surface area contributed by atoms with Gasteiger partial charge in [-0.3, -0.25) is 0 Å². The van der Waals surface area contributed by atoms with Crippen LogP contribution in [0, 0.1) is 0 Å². The molecule has 0 aliphatic rings. The summed E-state index contributed by atoms with van der Waals surface area (Å²) in [5.41, 5.74) is 2.05. The second kappa shape index (κ2) is 8.15. The lowest BCUT2D eigenvalue weighted by Crippen LogP contribution is -2.23. The van der Waals surface area contributed by atoms with Gasteiger partial charge in [0, 0.05) is 0 Å². The zero-order valence-corrected chi connectivity index (χ0v) is 13.1. The van der Waals surface area contributed by atoms with Crippen LogP contribution in [0.4, 0.5) is 17.6 Å². The highest BCUT2D eigenvalue weighted by Gasteiger charge is 2.30. The second-order valence-electron chi connectivity index (χ2n) is 5.30. The monoisotopic (exact) mass is 342 g/mol. The molecule has 0 unspecified atom stereocenters. The van der Waals surface area contributed by atoms with Crippen molar-refractivity contribution in [3.63, 3.8) is 0 Å². The molecule has 0 N–H and O–H groups in total. The van der Waals surface area contributed by atoms with Crippen molar-refractivity contribution in [1.29, 1.82) is 0 Å². The lowest BCUT2D eigenvalue weighted by Gasteiger charge is -2.17. The van der Waals surface area contributed by atoms with E-state index in [4.69, 9.17) is 4.74 Å². The lowest BCUT2D eigenvalue weighted by molar-refractivity contribution is -0.244. The van der Waals surface area contributed by atoms with E-state index in [1.54, 1.807) is 12.1 Å². The Labute approximate surface area is 138 Å². The highest BCUT2D eigenvalue weighted by atomic mass is 19.3. The van der Waals surface area contributed by atoms with Crippen molar-refractivity contribution in [2.45, 2.75) is 39.1 Å². The van der Waals surface area contributed by atoms with E-state index in [1.807, 2.05) is 19.1 Å². The molecule has 0 amide bonds. The van der Waals surface area contributed by atoms with Crippen LogP contribution in [0.15, 0.2) is 48.5 Å². The number of ether oxygens (including phenoxy) is 2. The number of benzene rings is 2. The van der Waals surface area contributed by atoms with Gasteiger partial charge in [-0.2, -0.15) is 17.6 Å². The van der Waals surface area contributed by atoms with E-state index < -0.39 is 19.1 Å². The fourth-order valence-corrected chi connectivity index (χ4v) is 2.14. The van der Waals surface area contributed by atoms with Gasteiger partial charge < -0.3 is 9.47 Å². The van der Waals surface area contributed by atoms with Crippen molar-refractivity contribution in [3.8, 4) is 5.75 Å². The van der Waals surface area contributed by atoms with Gasteiger partial charge in [-0.15, -0.1) is 0 Å². The Morgan fingerprint density at radius 2 is 1.42 bits per heavy atom. The predicted molar refractivity (Wildman–Crippen MR) is 82.3 cm³/mol. The van der Waals surface area contributed by atoms with E-state index in [9.17, 15) is 17.6 Å². The van der Waals surface area contributed by atoms with E-state index >= 15 is 0 Å². The minimum absolute atomic E-state index is 0.0750. The van der Waals surface area contributed by atoms with E-state index in [0.29, 0.717) is 5.56 Å². The largest absolute Gasteiger partial charge is 0.435 e. The van der Waals surface area contributed by atoms with Crippen molar-refractivity contribution in [2.24, 2.45) is 0 Å². The molecule has 0 aliphatic carbocycles. The van der Waals surface area contributed by atoms with Gasteiger partial charge in [-0.05, 0) is 35.2 Å². The maximum atomic E-state index is 13.9. The Balaban J connectivity index is 1.89. The average molecular weight is 342 g/mol. The van der Waals surface area contributed by atoms with Gasteiger partial charge in [0.1, 0.15) is 5.75 Å². The molecule has 6 heteroatoms. The molecule has 0 saturated carbocycles. The van der Waals surface area contributed by atoms with Crippen LogP contribution >= 0.6 is 0 Å². The number of rotatable bonds is 8. The number of halogens is 4. The van der Waals surface area contributed by atoms with Crippen molar-refractivity contribution in [3.05, 3.63) is 65.2 Å². The van der Waals surface area contributed by atoms with E-state index in [2.05, 4.69) is 4.74 Å². The molecule has 2 nitrogen and oxygen atoms in total. The van der Waals surface area contributed by atoms with Crippen molar-refractivity contribution in [2.75, 3.05) is 0 Å². The molecule has 2 aromatic rings. The molecular formula is C18H18F4O2. The minimum atomic E-state index is -3.35. The lowest BCUT2D eigenvalue weighted by atomic mass is 10.1. The summed E-state index contributed by atoms with van der Waals surface area (Å²) in [6, 6.07) is 12.3. The van der Waals surface area contributed by atoms with Crippen LogP contribution in [0.25, 0.3) is 0 Å². The van der Waals surface area contributed by atoms with Crippen LogP contribution in [-0.4, -0.2) is 12.7 Å². The maximum absolute atomic E-state index is 13.9. The zero-order valence-electron chi connectivity index (χ0n) is 13.1. The quantitative estimate of drug-likeness (QED) is 0.614. The average Bonchev–Trinajstić information content (AvgIpc) is 2.55. The molecule has 2 rings (SSSR count). The maximum Gasteiger partial charge on any atom is 0.387 e. The third kappa shape index (κ3) is 5.85. The smallest absolute Gasteiger partial charge is 0.387 e. The van der Waals surface area contributed by atoms with Crippen LogP contribution in [0.3, 0.4) is 0 Å². The molecule has 0 fully saturated rings. The Kier molecular flexibility index (Phi) is 6.20. The van der Waals surface area contributed by atoms with Crippen LogP contribution < -0.4 is 4.74 Å². The standard InChI is InChI=1S/C18H18F4O2/c1-2-13-3-5-15(6-4-13)12-23-18(21,22)11-14-7-9-16(10-8-14)24-17(19)20/h3-10,17H,2,11-12H2,1H3. The summed E-state index contributed by atoms with van der Waals surface area (Å²) in [5, 5.41) is 0. The summed E-state index contributed by atoms with van der Waals surface area (Å²) in [4.78, 5) is 0. The molecule has 0 aromatic heterocycles. The third-order valence-corrected chi connectivity index (χ3v) is 3.44. The van der Waals surface area contributed by atoms with Gasteiger partial charge in [-0.1, -0.05) is 43.3 Å². The predicted octanol–water partition coefficient (Wildman–Crippen LogP) is 5.20. The highest BCUT2D eigenvalue weighted by Crippen LogP contribution is 2.25. The molecule has 0 saturated heterocycles. The van der Waals surface area contributed by atoms with Crippen LogP contribution in [0.2, 0.25) is 0 Å². The van der Waals surface area contributed by atoms with Gasteiger partial charge in [-0.25, -0.2) is 0 Å². The van der Waals surface area contributed by atoms with E-state index in [-0.39, 0.29) is 17.9 Å². The molecule has 24 heavy (non-hydrogen) atoms. The molecular weight excluding hydrogens is 324 g/mol. The number of alkyl halides is 4. The molecule has 0 radical (unpaired) electrons. The number of hydrogen-bond acceptors (Lipinski definition) is 2. The minimum Gasteiger partial charge on any atom is -0.435 e. The van der Waals surface area contributed by atoms with E-state index in [1.165, 1.54) is 24.3 Å². The van der Waals surface area contributed by atoms with Gasteiger partial charge in [0.25, 0.3) is 0 Å². The fraction of sp³-hybridized carbons (Fsp3) is 0.333. The Hall–Kier alpha value is -2.08. The number of aryl methyl sites for hydroxylation is 1. The first-order chi connectivity index (χ1) is 11.4. The molecule has 0 heterocycles. The zero-order chi connectivity index (χ0) is 17.6. The molecule has 0 spiro atoms. The molecule has 130 valence electrons. The normalized spacial score (nSPS) is 11.8. The Bertz CT molecular complexity index is 624. The molecule has 2 aromatic carbocycles. The van der Waals surface area contributed by atoms with Crippen molar-refractivity contribution in [1.82, 2.24) is 0 Å². The summed E-state index contributed by atoms with van der Waals surface area (Å²) in [7, 11) is 0. The van der Waals surface area contributed by atoms with Crippen molar-refractivity contribution < 1.29 is 27.0 Å². The van der Waals surface area contributed by atoms with Gasteiger partial charge >= 0.3 is 12.7 Å². The Morgan fingerprint density at radius 1 is 0.875 bits per heavy atom. The second-order valence-corrected chi connectivity index (χ2v) is 5.30. The highest BCUT2D eigenvalue weighted by molar-refractivity contribution is 5.28. The van der Waals surface area contributed by atoms with Gasteiger partial charge in [0.05, 0.1) is 13.0 Å². The first-order valence-electron chi connectivity index (χ1n) is 7.51. The summed E-state index contributed by atoms with van der Waals surface area (Å²) in [6.45, 7) is -1.14. The summed E-state index contributed by atoms with van der Waals surface area (Å²) < 4.78 is 60.7. The van der Waals surface area contributed by atoms with Crippen LogP contribution in [0.5, 0.6) is 5.75 Å². The first-order valence-corrected chi connectivity index (χ1v) is 7.51. The summed E-state index contributed by atoms with van der Waals surface area (Å²) in [6.07, 6.45) is -3.12. The van der Waals surface area contributed by atoms with Crippen LogP contribution in [0.1, 0.15) is 23.6 Å². The topological polar surface area (TPSA) is 18.5 Å². The molecule has 0 aliphatic heterocycles. The SMILES string of the molecule is CCc1ccc(COC(F)(F)Cc2ccc(OC(F)F)cc2)cc1. The first kappa shape index (κ1) is 18.3. The molecule has 0 atom stereocenters.